The Morgan fingerprint density at radius 3 is 2.29 bits per heavy atom. The van der Waals surface area contributed by atoms with Crippen molar-refractivity contribution in [3.8, 4) is 11.4 Å². The lowest BCUT2D eigenvalue weighted by molar-refractivity contribution is -0.143. The molecule has 0 aliphatic rings. The number of methoxy groups -OCH3 is 1. The number of benzene rings is 2. The van der Waals surface area contributed by atoms with E-state index in [1.165, 1.54) is 43.5 Å². The van der Waals surface area contributed by atoms with Crippen LogP contribution in [0.25, 0.3) is 5.69 Å². The minimum atomic E-state index is -4.83. The number of halogens is 3. The van der Waals surface area contributed by atoms with E-state index in [4.69, 9.17) is 4.74 Å². The van der Waals surface area contributed by atoms with Crippen molar-refractivity contribution in [2.45, 2.75) is 19.5 Å². The fourth-order valence-corrected chi connectivity index (χ4v) is 2.83. The van der Waals surface area contributed by atoms with E-state index in [0.717, 1.165) is 6.20 Å². The first-order valence-electron chi connectivity index (χ1n) is 9.24. The van der Waals surface area contributed by atoms with E-state index >= 15 is 0 Å². The number of amides is 2. The molecule has 0 aliphatic heterocycles. The van der Waals surface area contributed by atoms with Crippen LogP contribution in [0.3, 0.4) is 0 Å². The molecule has 0 atom stereocenters. The maximum Gasteiger partial charge on any atom is 0.434 e. The molecule has 0 spiro atoms. The van der Waals surface area contributed by atoms with E-state index in [-0.39, 0.29) is 23.7 Å². The SMILES string of the molecule is CCC(=O)Nc1cccc(NC(=O)c2cnn(-c3ccc(OC)cc3)c2C(F)(F)F)c1. The number of alkyl halides is 3. The van der Waals surface area contributed by atoms with Gasteiger partial charge in [-0.05, 0) is 42.5 Å². The number of hydrogen-bond acceptors (Lipinski definition) is 4. The Morgan fingerprint density at radius 2 is 1.71 bits per heavy atom. The molecule has 0 fully saturated rings. The normalized spacial score (nSPS) is 11.1. The molecule has 0 saturated carbocycles. The lowest BCUT2D eigenvalue weighted by Crippen LogP contribution is -2.20. The quantitative estimate of drug-likeness (QED) is 0.601. The molecule has 2 N–H and O–H groups in total. The van der Waals surface area contributed by atoms with Gasteiger partial charge in [0, 0.05) is 17.8 Å². The molecule has 1 aromatic heterocycles. The van der Waals surface area contributed by atoms with Crippen molar-refractivity contribution < 1.29 is 27.5 Å². The first-order chi connectivity index (χ1) is 14.7. The molecule has 10 heteroatoms. The molecule has 162 valence electrons. The van der Waals surface area contributed by atoms with Crippen molar-refractivity contribution in [3.05, 3.63) is 66.0 Å². The Kier molecular flexibility index (Phi) is 6.28. The van der Waals surface area contributed by atoms with Gasteiger partial charge in [0.25, 0.3) is 5.91 Å². The highest BCUT2D eigenvalue weighted by Crippen LogP contribution is 2.34. The van der Waals surface area contributed by atoms with E-state index in [9.17, 15) is 22.8 Å². The van der Waals surface area contributed by atoms with Crippen molar-refractivity contribution in [2.75, 3.05) is 17.7 Å². The number of rotatable bonds is 6. The predicted molar refractivity (Wildman–Crippen MR) is 108 cm³/mol. The average Bonchev–Trinajstić information content (AvgIpc) is 3.20. The van der Waals surface area contributed by atoms with Gasteiger partial charge in [0.1, 0.15) is 5.75 Å². The number of carbonyl (C=O) groups excluding carboxylic acids is 2. The van der Waals surface area contributed by atoms with Crippen LogP contribution in [0.4, 0.5) is 24.5 Å². The Balaban J connectivity index is 1.92. The first kappa shape index (κ1) is 21.9. The van der Waals surface area contributed by atoms with Gasteiger partial charge < -0.3 is 15.4 Å². The maximum atomic E-state index is 13.8. The summed E-state index contributed by atoms with van der Waals surface area (Å²) >= 11 is 0. The fourth-order valence-electron chi connectivity index (χ4n) is 2.83. The summed E-state index contributed by atoms with van der Waals surface area (Å²) < 4.78 is 47.1. The summed E-state index contributed by atoms with van der Waals surface area (Å²) in [7, 11) is 1.44. The minimum Gasteiger partial charge on any atom is -0.497 e. The van der Waals surface area contributed by atoms with Crippen LogP contribution >= 0.6 is 0 Å². The van der Waals surface area contributed by atoms with Gasteiger partial charge in [-0.15, -0.1) is 0 Å². The molecule has 0 radical (unpaired) electrons. The predicted octanol–water partition coefficient (Wildman–Crippen LogP) is 4.50. The second kappa shape index (κ2) is 8.90. The van der Waals surface area contributed by atoms with Crippen LogP contribution in [-0.4, -0.2) is 28.7 Å². The number of ether oxygens (including phenoxy) is 1. The summed E-state index contributed by atoms with van der Waals surface area (Å²) in [5, 5.41) is 8.82. The highest BCUT2D eigenvalue weighted by Gasteiger charge is 2.40. The van der Waals surface area contributed by atoms with Crippen molar-refractivity contribution in [1.82, 2.24) is 9.78 Å². The molecule has 2 aromatic carbocycles. The monoisotopic (exact) mass is 432 g/mol. The fraction of sp³-hybridized carbons (Fsp3) is 0.190. The molecular weight excluding hydrogens is 413 g/mol. The van der Waals surface area contributed by atoms with Crippen molar-refractivity contribution >= 4 is 23.2 Å². The van der Waals surface area contributed by atoms with Gasteiger partial charge >= 0.3 is 6.18 Å². The van der Waals surface area contributed by atoms with Crippen molar-refractivity contribution in [1.29, 1.82) is 0 Å². The molecule has 2 amide bonds. The van der Waals surface area contributed by atoms with Crippen LogP contribution in [0, 0.1) is 0 Å². The van der Waals surface area contributed by atoms with Crippen LogP contribution < -0.4 is 15.4 Å². The Hall–Kier alpha value is -3.82. The summed E-state index contributed by atoms with van der Waals surface area (Å²) in [6.45, 7) is 1.68. The topological polar surface area (TPSA) is 85.3 Å². The molecular formula is C21H19F3N4O3. The van der Waals surface area contributed by atoms with Gasteiger partial charge in [-0.1, -0.05) is 13.0 Å². The molecule has 0 aliphatic carbocycles. The smallest absolute Gasteiger partial charge is 0.434 e. The van der Waals surface area contributed by atoms with E-state index in [0.29, 0.717) is 16.1 Å². The first-order valence-corrected chi connectivity index (χ1v) is 9.24. The summed E-state index contributed by atoms with van der Waals surface area (Å²) in [6.07, 6.45) is -3.71. The van der Waals surface area contributed by atoms with Gasteiger partial charge in [0.2, 0.25) is 5.91 Å². The Morgan fingerprint density at radius 1 is 1.06 bits per heavy atom. The third-order valence-corrected chi connectivity index (χ3v) is 4.32. The largest absolute Gasteiger partial charge is 0.497 e. The molecule has 0 bridgehead atoms. The van der Waals surface area contributed by atoms with Crippen LogP contribution in [0.15, 0.2) is 54.7 Å². The zero-order valence-corrected chi connectivity index (χ0v) is 16.7. The Bertz CT molecular complexity index is 1090. The van der Waals surface area contributed by atoms with Gasteiger partial charge in [-0.25, -0.2) is 4.68 Å². The van der Waals surface area contributed by atoms with Gasteiger partial charge in [-0.2, -0.15) is 18.3 Å². The lowest BCUT2D eigenvalue weighted by atomic mass is 10.2. The molecule has 7 nitrogen and oxygen atoms in total. The number of nitrogens with one attached hydrogen (secondary N) is 2. The number of aromatic nitrogens is 2. The molecule has 0 saturated heterocycles. The number of carbonyl (C=O) groups is 2. The summed E-state index contributed by atoms with van der Waals surface area (Å²) in [5.74, 6) is -0.743. The summed E-state index contributed by atoms with van der Waals surface area (Å²) in [6, 6.07) is 11.9. The maximum absolute atomic E-state index is 13.8. The second-order valence-corrected chi connectivity index (χ2v) is 6.45. The van der Waals surface area contributed by atoms with Crippen LogP contribution in [-0.2, 0) is 11.0 Å². The third-order valence-electron chi connectivity index (χ3n) is 4.32. The van der Waals surface area contributed by atoms with Crippen LogP contribution in [0.5, 0.6) is 5.75 Å². The molecule has 1 heterocycles. The number of hydrogen-bond donors (Lipinski definition) is 2. The zero-order chi connectivity index (χ0) is 22.6. The number of nitrogens with zero attached hydrogens (tertiary/aromatic N) is 2. The highest BCUT2D eigenvalue weighted by molar-refractivity contribution is 6.05. The molecule has 3 rings (SSSR count). The van der Waals surface area contributed by atoms with Gasteiger partial charge in [0.05, 0.1) is 24.6 Å². The summed E-state index contributed by atoms with van der Waals surface area (Å²) in [4.78, 5) is 24.2. The number of anilines is 2. The van der Waals surface area contributed by atoms with Gasteiger partial charge in [0.15, 0.2) is 5.69 Å². The highest BCUT2D eigenvalue weighted by atomic mass is 19.4. The van der Waals surface area contributed by atoms with Crippen LogP contribution in [0.2, 0.25) is 0 Å². The van der Waals surface area contributed by atoms with E-state index in [1.807, 2.05) is 0 Å². The zero-order valence-electron chi connectivity index (χ0n) is 16.7. The summed E-state index contributed by atoms with van der Waals surface area (Å²) in [5.41, 5.74) is -1.08. The second-order valence-electron chi connectivity index (χ2n) is 6.45. The Labute approximate surface area is 175 Å². The van der Waals surface area contributed by atoms with E-state index in [1.54, 1.807) is 19.1 Å². The molecule has 0 unspecified atom stereocenters. The molecule has 3 aromatic rings. The lowest BCUT2D eigenvalue weighted by Gasteiger charge is -2.13. The van der Waals surface area contributed by atoms with Crippen molar-refractivity contribution in [2.24, 2.45) is 0 Å². The third kappa shape index (κ3) is 5.03. The van der Waals surface area contributed by atoms with Crippen LogP contribution in [0.1, 0.15) is 29.4 Å². The minimum absolute atomic E-state index is 0.122. The standard InChI is InChI=1S/C21H19F3N4O3/c1-3-18(29)26-13-5-4-6-14(11-13)27-20(30)17-12-25-28(19(17)21(22,23)24)15-7-9-16(31-2)10-8-15/h4-12H,3H2,1-2H3,(H,26,29)(H,27,30). The van der Waals surface area contributed by atoms with E-state index in [2.05, 4.69) is 15.7 Å². The van der Waals surface area contributed by atoms with Gasteiger partial charge in [-0.3, -0.25) is 9.59 Å². The molecule has 31 heavy (non-hydrogen) atoms. The van der Waals surface area contributed by atoms with Crippen molar-refractivity contribution in [3.63, 3.8) is 0 Å². The average molecular weight is 432 g/mol. The van der Waals surface area contributed by atoms with E-state index < -0.39 is 23.3 Å².